The van der Waals surface area contributed by atoms with E-state index in [0.717, 1.165) is 32.8 Å². The first kappa shape index (κ1) is 22.1. The van der Waals surface area contributed by atoms with Crippen LogP contribution in [0.4, 0.5) is 14.6 Å². The zero-order valence-electron chi connectivity index (χ0n) is 18.5. The van der Waals surface area contributed by atoms with Crippen LogP contribution in [-0.2, 0) is 6.54 Å². The van der Waals surface area contributed by atoms with Crippen molar-refractivity contribution in [3.05, 3.63) is 58.7 Å². The van der Waals surface area contributed by atoms with Crippen molar-refractivity contribution in [2.45, 2.75) is 27.3 Å². The van der Waals surface area contributed by atoms with Crippen molar-refractivity contribution in [2.75, 3.05) is 25.6 Å². The highest BCUT2D eigenvalue weighted by molar-refractivity contribution is 7.15. The summed E-state index contributed by atoms with van der Waals surface area (Å²) in [5.74, 6) is 0.143. The summed E-state index contributed by atoms with van der Waals surface area (Å²) in [4.78, 5) is 6.63. The van der Waals surface area contributed by atoms with Crippen LogP contribution in [0.5, 0.6) is 11.5 Å². The summed E-state index contributed by atoms with van der Waals surface area (Å²) in [5, 5.41) is 3.85. The van der Waals surface area contributed by atoms with Gasteiger partial charge in [-0.25, -0.2) is 13.8 Å². The van der Waals surface area contributed by atoms with Crippen LogP contribution in [0.3, 0.4) is 0 Å². The van der Waals surface area contributed by atoms with E-state index in [-0.39, 0.29) is 5.52 Å². The molecular formula is C24H25F2N3O2S. The van der Waals surface area contributed by atoms with Gasteiger partial charge in [0.1, 0.15) is 17.3 Å². The Kier molecular flexibility index (Phi) is 6.32. The van der Waals surface area contributed by atoms with Gasteiger partial charge in [-0.1, -0.05) is 0 Å². The minimum absolute atomic E-state index is 0.209. The number of aryl methyl sites for hydroxylation is 2. The largest absolute Gasteiger partial charge is 0.496 e. The smallest absolute Gasteiger partial charge is 0.183 e. The number of anilines is 1. The lowest BCUT2D eigenvalue weighted by molar-refractivity contribution is 0.340. The number of benzene rings is 1. The molecule has 1 aromatic carbocycles. The van der Waals surface area contributed by atoms with E-state index in [1.54, 1.807) is 22.1 Å². The Labute approximate surface area is 189 Å². The third kappa shape index (κ3) is 4.14. The molecule has 5 nitrogen and oxygen atoms in total. The maximum atomic E-state index is 14.6. The van der Waals surface area contributed by atoms with Crippen molar-refractivity contribution in [3.8, 4) is 21.9 Å². The summed E-state index contributed by atoms with van der Waals surface area (Å²) in [6, 6.07) is 8.87. The second-order valence-corrected chi connectivity index (χ2v) is 8.65. The lowest BCUT2D eigenvalue weighted by Crippen LogP contribution is -2.13. The van der Waals surface area contributed by atoms with Crippen LogP contribution < -0.4 is 14.8 Å². The first-order valence-corrected chi connectivity index (χ1v) is 11.2. The van der Waals surface area contributed by atoms with Crippen molar-refractivity contribution in [1.82, 2.24) is 9.55 Å². The Hall–Kier alpha value is -3.13. The van der Waals surface area contributed by atoms with Gasteiger partial charge < -0.3 is 19.4 Å². The first-order valence-electron chi connectivity index (χ1n) is 10.4. The second-order valence-electron chi connectivity index (χ2n) is 7.39. The zero-order valence-corrected chi connectivity index (χ0v) is 19.3. The Bertz CT molecular complexity index is 1270. The number of ether oxygens (including phenoxy) is 2. The molecule has 0 amide bonds. The van der Waals surface area contributed by atoms with Gasteiger partial charge in [-0.05, 0) is 50.6 Å². The molecule has 3 aromatic heterocycles. The molecular weight excluding hydrogens is 432 g/mol. The Morgan fingerprint density at radius 2 is 1.94 bits per heavy atom. The molecule has 32 heavy (non-hydrogen) atoms. The number of nitrogens with one attached hydrogen (secondary N) is 1. The molecule has 8 heteroatoms. The fraction of sp³-hybridized carbons (Fsp3) is 0.292. The SMILES string of the molecule is CCOc1cc(-c2ccnc(NCCn3c(C)cc4c(OC)cc(F)c(F)c43)c2)sc1C. The fourth-order valence-corrected chi connectivity index (χ4v) is 4.77. The van der Waals surface area contributed by atoms with Gasteiger partial charge in [0.2, 0.25) is 0 Å². The van der Waals surface area contributed by atoms with Crippen LogP contribution in [0.1, 0.15) is 17.5 Å². The van der Waals surface area contributed by atoms with Gasteiger partial charge in [0.05, 0.1) is 19.2 Å². The molecule has 4 rings (SSSR count). The number of hydrogen-bond acceptors (Lipinski definition) is 5. The number of thiophene rings is 1. The number of halogens is 2. The Morgan fingerprint density at radius 3 is 2.69 bits per heavy atom. The van der Waals surface area contributed by atoms with Gasteiger partial charge in [0.15, 0.2) is 11.6 Å². The van der Waals surface area contributed by atoms with E-state index >= 15 is 0 Å². The van der Waals surface area contributed by atoms with Gasteiger partial charge in [-0.2, -0.15) is 0 Å². The minimum atomic E-state index is -0.923. The van der Waals surface area contributed by atoms with Gasteiger partial charge in [0.25, 0.3) is 0 Å². The quantitative estimate of drug-likeness (QED) is 0.343. The Balaban J connectivity index is 1.53. The monoisotopic (exact) mass is 457 g/mol. The molecule has 0 aliphatic rings. The normalized spacial score (nSPS) is 11.2. The molecule has 0 unspecified atom stereocenters. The van der Waals surface area contributed by atoms with Crippen molar-refractivity contribution < 1.29 is 18.3 Å². The van der Waals surface area contributed by atoms with Gasteiger partial charge in [-0.15, -0.1) is 11.3 Å². The number of hydrogen-bond donors (Lipinski definition) is 1. The highest BCUT2D eigenvalue weighted by Gasteiger charge is 2.18. The maximum Gasteiger partial charge on any atom is 0.183 e. The molecule has 0 aliphatic carbocycles. The van der Waals surface area contributed by atoms with Crippen molar-refractivity contribution in [3.63, 3.8) is 0 Å². The molecule has 4 aromatic rings. The molecule has 0 atom stereocenters. The average molecular weight is 458 g/mol. The summed E-state index contributed by atoms with van der Waals surface area (Å²) in [6.45, 7) is 7.44. The van der Waals surface area contributed by atoms with Crippen molar-refractivity contribution in [2.24, 2.45) is 0 Å². The average Bonchev–Trinajstić information content (AvgIpc) is 3.31. The highest BCUT2D eigenvalue weighted by atomic mass is 32.1. The summed E-state index contributed by atoms with van der Waals surface area (Å²) in [5.41, 5.74) is 2.08. The standard InChI is InChI=1S/C24H25F2N3O2S/c1-5-31-19-13-21(32-15(19)3)16-6-7-27-22(11-16)28-8-9-29-14(2)10-17-20(30-4)12-18(25)23(26)24(17)29/h6-7,10-13H,5,8-9H2,1-4H3,(H,27,28). The lowest BCUT2D eigenvalue weighted by Gasteiger charge is -2.12. The van der Waals surface area contributed by atoms with Gasteiger partial charge >= 0.3 is 0 Å². The number of methoxy groups -OCH3 is 1. The van der Waals surface area contributed by atoms with E-state index in [2.05, 4.69) is 10.3 Å². The van der Waals surface area contributed by atoms with Crippen LogP contribution in [0.2, 0.25) is 0 Å². The van der Waals surface area contributed by atoms with E-state index < -0.39 is 11.6 Å². The van der Waals surface area contributed by atoms with Gasteiger partial charge in [0, 0.05) is 46.2 Å². The van der Waals surface area contributed by atoms with E-state index in [9.17, 15) is 8.78 Å². The predicted molar refractivity (Wildman–Crippen MR) is 125 cm³/mol. The molecule has 1 N–H and O–H groups in total. The minimum Gasteiger partial charge on any atom is -0.496 e. The van der Waals surface area contributed by atoms with Crippen LogP contribution >= 0.6 is 11.3 Å². The maximum absolute atomic E-state index is 14.6. The third-order valence-corrected chi connectivity index (χ3v) is 6.40. The molecule has 0 saturated heterocycles. The van der Waals surface area contributed by atoms with Crippen LogP contribution in [0, 0.1) is 25.5 Å². The molecule has 3 heterocycles. The van der Waals surface area contributed by atoms with E-state index in [0.29, 0.717) is 36.6 Å². The first-order chi connectivity index (χ1) is 15.4. The summed E-state index contributed by atoms with van der Waals surface area (Å²) in [7, 11) is 1.45. The van der Waals surface area contributed by atoms with E-state index in [1.807, 2.05) is 45.0 Å². The van der Waals surface area contributed by atoms with Gasteiger partial charge in [-0.3, -0.25) is 0 Å². The topological polar surface area (TPSA) is 48.3 Å². The second kappa shape index (κ2) is 9.16. The molecule has 0 aliphatic heterocycles. The van der Waals surface area contributed by atoms with E-state index in [1.165, 1.54) is 7.11 Å². The number of rotatable bonds is 8. The summed E-state index contributed by atoms with van der Waals surface area (Å²) in [6.07, 6.45) is 1.75. The molecule has 0 radical (unpaired) electrons. The molecule has 0 spiro atoms. The van der Waals surface area contributed by atoms with E-state index in [4.69, 9.17) is 9.47 Å². The van der Waals surface area contributed by atoms with Crippen LogP contribution in [-0.4, -0.2) is 29.8 Å². The molecule has 0 bridgehead atoms. The number of nitrogens with zero attached hydrogens (tertiary/aromatic N) is 2. The number of fused-ring (bicyclic) bond motifs is 1. The molecule has 0 saturated carbocycles. The summed E-state index contributed by atoms with van der Waals surface area (Å²) < 4.78 is 41.3. The van der Waals surface area contributed by atoms with Crippen molar-refractivity contribution in [1.29, 1.82) is 0 Å². The third-order valence-electron chi connectivity index (χ3n) is 5.32. The van der Waals surface area contributed by atoms with Crippen molar-refractivity contribution >= 4 is 28.1 Å². The number of aromatic nitrogens is 2. The highest BCUT2D eigenvalue weighted by Crippen LogP contribution is 2.36. The van der Waals surface area contributed by atoms with Crippen LogP contribution in [0.15, 0.2) is 36.5 Å². The summed E-state index contributed by atoms with van der Waals surface area (Å²) >= 11 is 1.67. The van der Waals surface area contributed by atoms with Crippen LogP contribution in [0.25, 0.3) is 21.3 Å². The Morgan fingerprint density at radius 1 is 1.12 bits per heavy atom. The fourth-order valence-electron chi connectivity index (χ4n) is 3.81. The zero-order chi connectivity index (χ0) is 22.8. The predicted octanol–water partition coefficient (Wildman–Crippen LogP) is 6.18. The molecule has 168 valence electrons. The lowest BCUT2D eigenvalue weighted by atomic mass is 10.2. The molecule has 0 fully saturated rings. The number of pyridine rings is 1.